The molecule has 0 spiro atoms. The van der Waals surface area contributed by atoms with Crippen molar-refractivity contribution in [2.24, 2.45) is 0 Å². The van der Waals surface area contributed by atoms with Crippen LogP contribution in [0.3, 0.4) is 0 Å². The lowest BCUT2D eigenvalue weighted by Crippen LogP contribution is -2.27. The van der Waals surface area contributed by atoms with Crippen molar-refractivity contribution >= 4 is 5.97 Å². The number of aliphatic carboxylic acids is 1. The van der Waals surface area contributed by atoms with E-state index in [4.69, 9.17) is 0 Å². The Morgan fingerprint density at radius 3 is 2.36 bits per heavy atom. The molecule has 0 aliphatic rings. The van der Waals surface area contributed by atoms with Crippen molar-refractivity contribution < 1.29 is 15.0 Å². The average Bonchev–Trinajstić information content (AvgIpc) is 2.16. The van der Waals surface area contributed by atoms with Crippen molar-refractivity contribution in [3.63, 3.8) is 0 Å². The number of hydrogen-bond acceptors (Lipinski definition) is 3. The third-order valence-electron chi connectivity index (χ3n) is 1.99. The van der Waals surface area contributed by atoms with Gasteiger partial charge in [-0.2, -0.15) is 0 Å². The molecule has 0 aliphatic carbocycles. The average molecular weight is 191 g/mol. The zero-order valence-corrected chi connectivity index (χ0v) is 7.86. The van der Waals surface area contributed by atoms with Gasteiger partial charge in [-0.1, -0.05) is 36.4 Å². The molecule has 0 bridgehead atoms. The minimum absolute atomic E-state index is 0.325. The molecule has 3 heteroatoms. The number of aliphatic hydroxyl groups excluding tert-OH is 1. The standard InChI is InChI=1S/C11H12O3/c1-7-3-5-9(6-4-7)10(12)8(2)11(13)14/h3-6,10,12H,2H2,1H3,(H,13,14)/p-1. The molecule has 74 valence electrons. The van der Waals surface area contributed by atoms with Crippen LogP contribution < -0.4 is 5.11 Å². The van der Waals surface area contributed by atoms with Crippen LogP contribution in [0.25, 0.3) is 0 Å². The van der Waals surface area contributed by atoms with E-state index in [-0.39, 0.29) is 5.57 Å². The summed E-state index contributed by atoms with van der Waals surface area (Å²) in [5.41, 5.74) is 1.22. The van der Waals surface area contributed by atoms with Crippen LogP contribution in [0.5, 0.6) is 0 Å². The van der Waals surface area contributed by atoms with Gasteiger partial charge < -0.3 is 15.0 Å². The van der Waals surface area contributed by atoms with Gasteiger partial charge in [0.2, 0.25) is 0 Å². The lowest BCUT2D eigenvalue weighted by atomic mass is 10.0. The summed E-state index contributed by atoms with van der Waals surface area (Å²) in [6.45, 7) is 5.15. The minimum Gasteiger partial charge on any atom is -0.545 e. The van der Waals surface area contributed by atoms with Gasteiger partial charge in [0.1, 0.15) is 6.10 Å². The van der Waals surface area contributed by atoms with E-state index in [1.807, 2.05) is 6.92 Å². The molecule has 0 amide bonds. The molecular formula is C11H11O3-. The molecule has 1 aromatic rings. The number of carboxylic acids is 1. The summed E-state index contributed by atoms with van der Waals surface area (Å²) in [4.78, 5) is 10.4. The lowest BCUT2D eigenvalue weighted by molar-refractivity contribution is -0.300. The highest BCUT2D eigenvalue weighted by atomic mass is 16.4. The number of aliphatic hydroxyl groups is 1. The van der Waals surface area contributed by atoms with Crippen LogP contribution in [0.1, 0.15) is 17.2 Å². The van der Waals surface area contributed by atoms with Crippen LogP contribution in [-0.2, 0) is 4.79 Å². The van der Waals surface area contributed by atoms with Gasteiger partial charge in [0.25, 0.3) is 0 Å². The van der Waals surface area contributed by atoms with E-state index >= 15 is 0 Å². The second-order valence-electron chi connectivity index (χ2n) is 3.13. The quantitative estimate of drug-likeness (QED) is 0.700. The molecule has 1 unspecified atom stereocenters. The second kappa shape index (κ2) is 4.07. The minimum atomic E-state index is -1.43. The SMILES string of the molecule is C=C(C(=O)[O-])C(O)c1ccc(C)cc1. The van der Waals surface area contributed by atoms with Crippen molar-refractivity contribution in [3.8, 4) is 0 Å². The first kappa shape index (κ1) is 10.5. The van der Waals surface area contributed by atoms with Crippen LogP contribution in [0, 0.1) is 6.92 Å². The molecule has 0 fully saturated rings. The summed E-state index contributed by atoms with van der Waals surface area (Å²) in [6.07, 6.45) is -1.19. The summed E-state index contributed by atoms with van der Waals surface area (Å²) in [6, 6.07) is 6.91. The first-order chi connectivity index (χ1) is 6.52. The van der Waals surface area contributed by atoms with E-state index < -0.39 is 12.1 Å². The van der Waals surface area contributed by atoms with E-state index in [0.29, 0.717) is 5.56 Å². The van der Waals surface area contributed by atoms with E-state index in [1.54, 1.807) is 24.3 Å². The number of carboxylic acid groups (broad SMARTS) is 1. The molecule has 1 N–H and O–H groups in total. The largest absolute Gasteiger partial charge is 0.545 e. The van der Waals surface area contributed by atoms with E-state index in [9.17, 15) is 15.0 Å². The number of rotatable bonds is 3. The van der Waals surface area contributed by atoms with Gasteiger partial charge >= 0.3 is 0 Å². The molecule has 0 heterocycles. The third-order valence-corrected chi connectivity index (χ3v) is 1.99. The number of benzene rings is 1. The van der Waals surface area contributed by atoms with Gasteiger partial charge in [-0.25, -0.2) is 0 Å². The first-order valence-corrected chi connectivity index (χ1v) is 4.17. The highest BCUT2D eigenvalue weighted by Crippen LogP contribution is 2.19. The van der Waals surface area contributed by atoms with Crippen molar-refractivity contribution in [1.82, 2.24) is 0 Å². The Kier molecular flexibility index (Phi) is 3.04. The molecule has 14 heavy (non-hydrogen) atoms. The Bertz CT molecular complexity index is 351. The fourth-order valence-corrected chi connectivity index (χ4v) is 1.06. The Hall–Kier alpha value is -1.61. The van der Waals surface area contributed by atoms with Crippen LogP contribution in [0.15, 0.2) is 36.4 Å². The highest BCUT2D eigenvalue weighted by Gasteiger charge is 2.11. The molecule has 0 aromatic heterocycles. The van der Waals surface area contributed by atoms with Gasteiger partial charge in [-0.05, 0) is 12.5 Å². The Labute approximate surface area is 82.3 Å². The molecule has 1 aromatic carbocycles. The molecule has 0 aliphatic heterocycles. The Morgan fingerprint density at radius 1 is 1.43 bits per heavy atom. The molecule has 0 radical (unpaired) electrons. The normalized spacial score (nSPS) is 12.1. The van der Waals surface area contributed by atoms with Gasteiger partial charge in [0, 0.05) is 5.57 Å². The summed E-state index contributed by atoms with van der Waals surface area (Å²) in [5, 5.41) is 19.9. The number of aryl methyl sites for hydroxylation is 1. The van der Waals surface area contributed by atoms with Gasteiger partial charge in [0.15, 0.2) is 0 Å². The maximum absolute atomic E-state index is 10.4. The predicted molar refractivity (Wildman–Crippen MR) is 50.3 cm³/mol. The second-order valence-corrected chi connectivity index (χ2v) is 3.13. The van der Waals surface area contributed by atoms with Crippen molar-refractivity contribution in [2.45, 2.75) is 13.0 Å². The highest BCUT2D eigenvalue weighted by molar-refractivity contribution is 5.85. The van der Waals surface area contributed by atoms with E-state index in [0.717, 1.165) is 5.56 Å². The summed E-state index contributed by atoms with van der Waals surface area (Å²) in [7, 11) is 0. The number of carbonyl (C=O) groups excluding carboxylic acids is 1. The maximum atomic E-state index is 10.4. The third kappa shape index (κ3) is 2.20. The molecule has 1 atom stereocenters. The summed E-state index contributed by atoms with van der Waals surface area (Å²) >= 11 is 0. The topological polar surface area (TPSA) is 60.4 Å². The summed E-state index contributed by atoms with van der Waals surface area (Å²) in [5.74, 6) is -1.43. The smallest absolute Gasteiger partial charge is 0.105 e. The summed E-state index contributed by atoms with van der Waals surface area (Å²) < 4.78 is 0. The van der Waals surface area contributed by atoms with Gasteiger partial charge in [-0.15, -0.1) is 0 Å². The number of carbonyl (C=O) groups is 1. The fourth-order valence-electron chi connectivity index (χ4n) is 1.06. The van der Waals surface area contributed by atoms with Crippen LogP contribution in [0.2, 0.25) is 0 Å². The van der Waals surface area contributed by atoms with E-state index in [2.05, 4.69) is 6.58 Å². The van der Waals surface area contributed by atoms with Gasteiger partial charge in [-0.3, -0.25) is 0 Å². The zero-order chi connectivity index (χ0) is 10.7. The molecule has 3 nitrogen and oxygen atoms in total. The van der Waals surface area contributed by atoms with Crippen LogP contribution in [0.4, 0.5) is 0 Å². The zero-order valence-electron chi connectivity index (χ0n) is 7.86. The van der Waals surface area contributed by atoms with Crippen molar-refractivity contribution in [1.29, 1.82) is 0 Å². The first-order valence-electron chi connectivity index (χ1n) is 4.17. The molecule has 0 saturated heterocycles. The predicted octanol–water partition coefficient (Wildman–Crippen LogP) is 0.335. The van der Waals surface area contributed by atoms with Gasteiger partial charge in [0.05, 0.1) is 5.97 Å². The lowest BCUT2D eigenvalue weighted by Gasteiger charge is -2.14. The maximum Gasteiger partial charge on any atom is 0.105 e. The Morgan fingerprint density at radius 2 is 1.93 bits per heavy atom. The Balaban J connectivity index is 2.89. The fraction of sp³-hybridized carbons (Fsp3) is 0.182. The number of hydrogen-bond donors (Lipinski definition) is 1. The monoisotopic (exact) mass is 191 g/mol. The van der Waals surface area contributed by atoms with E-state index in [1.165, 1.54) is 0 Å². The van der Waals surface area contributed by atoms with Crippen LogP contribution in [-0.4, -0.2) is 11.1 Å². The molecule has 1 rings (SSSR count). The van der Waals surface area contributed by atoms with Crippen molar-refractivity contribution in [2.75, 3.05) is 0 Å². The van der Waals surface area contributed by atoms with Crippen LogP contribution >= 0.6 is 0 Å². The molecule has 0 saturated carbocycles. The molecular weight excluding hydrogens is 180 g/mol. The van der Waals surface area contributed by atoms with Crippen molar-refractivity contribution in [3.05, 3.63) is 47.5 Å².